The minimum atomic E-state index is -0.363. The van der Waals surface area contributed by atoms with Gasteiger partial charge < -0.3 is 4.90 Å². The highest BCUT2D eigenvalue weighted by atomic mass is 19.1. The lowest BCUT2D eigenvalue weighted by molar-refractivity contribution is 0.0730. The lowest BCUT2D eigenvalue weighted by atomic mass is 10.0. The molecule has 0 saturated carbocycles. The number of hydrogen-bond acceptors (Lipinski definition) is 2. The molecule has 1 atom stereocenters. The second-order valence-electron chi connectivity index (χ2n) is 5.70. The van der Waals surface area contributed by atoms with Crippen molar-refractivity contribution in [2.75, 3.05) is 6.54 Å². The fourth-order valence-electron chi connectivity index (χ4n) is 3.07. The van der Waals surface area contributed by atoms with E-state index in [9.17, 15) is 9.18 Å². The highest BCUT2D eigenvalue weighted by molar-refractivity contribution is 5.94. The molecule has 0 bridgehead atoms. The number of likely N-dealkylation sites (tertiary alicyclic amines) is 1. The van der Waals surface area contributed by atoms with Crippen LogP contribution < -0.4 is 0 Å². The van der Waals surface area contributed by atoms with Crippen molar-refractivity contribution in [3.63, 3.8) is 0 Å². The van der Waals surface area contributed by atoms with Crippen molar-refractivity contribution in [1.29, 1.82) is 0 Å². The summed E-state index contributed by atoms with van der Waals surface area (Å²) in [5.74, 6) is -0.421. The van der Waals surface area contributed by atoms with Crippen LogP contribution in [0.4, 0.5) is 4.39 Å². The molecule has 114 valence electrons. The topological polar surface area (TPSA) is 33.2 Å². The van der Waals surface area contributed by atoms with Gasteiger partial charge in [0.05, 0.1) is 0 Å². The molecule has 22 heavy (non-hydrogen) atoms. The minimum absolute atomic E-state index is 0.0586. The summed E-state index contributed by atoms with van der Waals surface area (Å²) in [6.07, 6.45) is 7.48. The van der Waals surface area contributed by atoms with Gasteiger partial charge in [-0.2, -0.15) is 0 Å². The van der Waals surface area contributed by atoms with E-state index in [1.165, 1.54) is 17.7 Å². The Kier molecular flexibility index (Phi) is 4.47. The Balaban J connectivity index is 1.66. The monoisotopic (exact) mass is 298 g/mol. The van der Waals surface area contributed by atoms with E-state index < -0.39 is 0 Å². The second-order valence-corrected chi connectivity index (χ2v) is 5.70. The number of halogens is 1. The molecule has 1 aliphatic heterocycles. The largest absolute Gasteiger partial charge is 0.336 e. The standard InChI is InChI=1S/C18H19FN2O/c19-16-4-1-3-15(13-16)18(22)21-12-2-5-17(21)7-6-14-8-10-20-11-9-14/h1,3-4,8-11,13,17H,2,5-7,12H2. The van der Waals surface area contributed by atoms with Crippen LogP contribution in [0.3, 0.4) is 0 Å². The smallest absolute Gasteiger partial charge is 0.254 e. The number of rotatable bonds is 4. The molecule has 2 aromatic rings. The first-order valence-electron chi connectivity index (χ1n) is 7.69. The van der Waals surface area contributed by atoms with Crippen molar-refractivity contribution in [2.45, 2.75) is 31.7 Å². The summed E-state index contributed by atoms with van der Waals surface area (Å²) in [5.41, 5.74) is 1.68. The van der Waals surface area contributed by atoms with Gasteiger partial charge in [-0.25, -0.2) is 4.39 Å². The average Bonchev–Trinajstić information content (AvgIpc) is 3.01. The summed E-state index contributed by atoms with van der Waals surface area (Å²) in [7, 11) is 0. The molecule has 1 aromatic heterocycles. The van der Waals surface area contributed by atoms with Crippen molar-refractivity contribution in [2.24, 2.45) is 0 Å². The van der Waals surface area contributed by atoms with Crippen LogP contribution in [0.2, 0.25) is 0 Å². The van der Waals surface area contributed by atoms with E-state index in [-0.39, 0.29) is 17.8 Å². The first kappa shape index (κ1) is 14.7. The first-order chi connectivity index (χ1) is 10.7. The van der Waals surface area contributed by atoms with Crippen LogP contribution in [0.5, 0.6) is 0 Å². The molecule has 1 aromatic carbocycles. The molecular weight excluding hydrogens is 279 g/mol. The van der Waals surface area contributed by atoms with Crippen molar-refractivity contribution < 1.29 is 9.18 Å². The van der Waals surface area contributed by atoms with Crippen LogP contribution in [0.25, 0.3) is 0 Å². The molecule has 2 heterocycles. The Hall–Kier alpha value is -2.23. The Bertz CT molecular complexity index is 645. The normalized spacial score (nSPS) is 17.7. The molecule has 1 fully saturated rings. The predicted molar refractivity (Wildman–Crippen MR) is 83.0 cm³/mol. The molecule has 3 rings (SSSR count). The maximum Gasteiger partial charge on any atom is 0.254 e. The number of hydrogen-bond donors (Lipinski definition) is 0. The molecule has 0 N–H and O–H groups in total. The molecule has 1 unspecified atom stereocenters. The van der Waals surface area contributed by atoms with E-state index >= 15 is 0 Å². The SMILES string of the molecule is O=C(c1cccc(F)c1)N1CCCC1CCc1ccncc1. The molecule has 0 aliphatic carbocycles. The van der Waals surface area contributed by atoms with E-state index in [0.29, 0.717) is 5.56 Å². The number of carbonyl (C=O) groups is 1. The van der Waals surface area contributed by atoms with Gasteiger partial charge in [0.1, 0.15) is 5.82 Å². The van der Waals surface area contributed by atoms with Crippen LogP contribution in [0.1, 0.15) is 35.2 Å². The van der Waals surface area contributed by atoms with Gasteiger partial charge in [0.25, 0.3) is 5.91 Å². The number of nitrogens with zero attached hydrogens (tertiary/aromatic N) is 2. The van der Waals surface area contributed by atoms with Gasteiger partial charge in [-0.15, -0.1) is 0 Å². The van der Waals surface area contributed by atoms with Crippen molar-refractivity contribution in [3.8, 4) is 0 Å². The van der Waals surface area contributed by atoms with Crippen molar-refractivity contribution in [1.82, 2.24) is 9.88 Å². The summed E-state index contributed by atoms with van der Waals surface area (Å²) in [6.45, 7) is 0.760. The highest BCUT2D eigenvalue weighted by Crippen LogP contribution is 2.24. The van der Waals surface area contributed by atoms with E-state index in [1.807, 2.05) is 17.0 Å². The van der Waals surface area contributed by atoms with Crippen LogP contribution in [-0.4, -0.2) is 28.4 Å². The van der Waals surface area contributed by atoms with Crippen LogP contribution >= 0.6 is 0 Å². The number of amides is 1. The Morgan fingerprint density at radius 3 is 2.86 bits per heavy atom. The third-order valence-corrected chi connectivity index (χ3v) is 4.23. The highest BCUT2D eigenvalue weighted by Gasteiger charge is 2.29. The van der Waals surface area contributed by atoms with Gasteiger partial charge in [0, 0.05) is 30.5 Å². The van der Waals surface area contributed by atoms with Gasteiger partial charge in [-0.3, -0.25) is 9.78 Å². The first-order valence-corrected chi connectivity index (χ1v) is 7.69. The number of pyridine rings is 1. The number of aromatic nitrogens is 1. The van der Waals surface area contributed by atoms with E-state index in [2.05, 4.69) is 4.98 Å². The fourth-order valence-corrected chi connectivity index (χ4v) is 3.07. The third-order valence-electron chi connectivity index (χ3n) is 4.23. The van der Waals surface area contributed by atoms with Gasteiger partial charge >= 0.3 is 0 Å². The summed E-state index contributed by atoms with van der Waals surface area (Å²) in [5, 5.41) is 0. The van der Waals surface area contributed by atoms with Crippen LogP contribution in [-0.2, 0) is 6.42 Å². The van der Waals surface area contributed by atoms with E-state index in [1.54, 1.807) is 24.5 Å². The zero-order chi connectivity index (χ0) is 15.4. The molecule has 0 radical (unpaired) electrons. The lowest BCUT2D eigenvalue weighted by Gasteiger charge is -2.25. The zero-order valence-corrected chi connectivity index (χ0v) is 12.4. The number of benzene rings is 1. The summed E-state index contributed by atoms with van der Waals surface area (Å²) in [4.78, 5) is 18.5. The molecule has 1 amide bonds. The second kappa shape index (κ2) is 6.69. The fraction of sp³-hybridized carbons (Fsp3) is 0.333. The zero-order valence-electron chi connectivity index (χ0n) is 12.4. The quantitative estimate of drug-likeness (QED) is 0.866. The maximum absolute atomic E-state index is 13.3. The van der Waals surface area contributed by atoms with E-state index in [0.717, 1.165) is 32.2 Å². The lowest BCUT2D eigenvalue weighted by Crippen LogP contribution is -2.35. The Morgan fingerprint density at radius 1 is 1.27 bits per heavy atom. The minimum Gasteiger partial charge on any atom is -0.336 e. The molecular formula is C18H19FN2O. The molecule has 0 spiro atoms. The predicted octanol–water partition coefficient (Wildman–Crippen LogP) is 3.46. The molecule has 1 saturated heterocycles. The molecule has 3 nitrogen and oxygen atoms in total. The van der Waals surface area contributed by atoms with Gasteiger partial charge in [0.15, 0.2) is 0 Å². The van der Waals surface area contributed by atoms with Crippen LogP contribution in [0.15, 0.2) is 48.8 Å². The van der Waals surface area contributed by atoms with E-state index in [4.69, 9.17) is 0 Å². The van der Waals surface area contributed by atoms with Gasteiger partial charge in [-0.05, 0) is 61.6 Å². The molecule has 1 aliphatic rings. The summed E-state index contributed by atoms with van der Waals surface area (Å²) < 4.78 is 13.3. The summed E-state index contributed by atoms with van der Waals surface area (Å²) in [6, 6.07) is 10.2. The molecule has 4 heteroatoms. The number of carbonyl (C=O) groups excluding carboxylic acids is 1. The van der Waals surface area contributed by atoms with Crippen LogP contribution in [0, 0.1) is 5.82 Å². The Labute approximate surface area is 129 Å². The average molecular weight is 298 g/mol. The number of aryl methyl sites for hydroxylation is 1. The maximum atomic E-state index is 13.3. The Morgan fingerprint density at radius 2 is 2.09 bits per heavy atom. The summed E-state index contributed by atoms with van der Waals surface area (Å²) >= 11 is 0. The van der Waals surface area contributed by atoms with Gasteiger partial charge in [0.2, 0.25) is 0 Å². The van der Waals surface area contributed by atoms with Gasteiger partial charge in [-0.1, -0.05) is 6.07 Å². The van der Waals surface area contributed by atoms with Crippen molar-refractivity contribution >= 4 is 5.91 Å². The third kappa shape index (κ3) is 3.32. The van der Waals surface area contributed by atoms with Crippen molar-refractivity contribution in [3.05, 3.63) is 65.7 Å².